The van der Waals surface area contributed by atoms with Crippen LogP contribution in [0.25, 0.3) is 0 Å². The number of carbonyl (C=O) groups excluding carboxylic acids is 1. The standard InChI is InChI=1S/C30H28N2O4S/c33-19-21-12-14-22(15-13-21)27-18-26(20-37-28-11-4-5-16-31-28)35-30(36-27)24-9-6-10-25(17-24)32-29(34)23-7-2-1-3-8-23/h1-17,26-27,30,33H,18-20H2,(H,32,34)/t26-,27+,30+/m1/s1. The zero-order valence-electron chi connectivity index (χ0n) is 20.2. The van der Waals surface area contributed by atoms with Gasteiger partial charge in [-0.3, -0.25) is 4.79 Å². The number of nitrogens with zero attached hydrogens (tertiary/aromatic N) is 1. The van der Waals surface area contributed by atoms with Crippen LogP contribution in [0.5, 0.6) is 0 Å². The molecule has 1 aliphatic rings. The Morgan fingerprint density at radius 3 is 2.49 bits per heavy atom. The SMILES string of the molecule is O=C(Nc1cccc([C@H]2O[C@@H](CSc3ccccn3)C[C@@H](c3ccc(CO)cc3)O2)c1)c1ccccc1. The lowest BCUT2D eigenvalue weighted by Gasteiger charge is -2.36. The molecule has 7 heteroatoms. The molecule has 37 heavy (non-hydrogen) atoms. The van der Waals surface area contributed by atoms with Gasteiger partial charge >= 0.3 is 0 Å². The second-order valence-corrected chi connectivity index (χ2v) is 9.82. The van der Waals surface area contributed by atoms with Crippen molar-refractivity contribution in [2.45, 2.75) is 36.6 Å². The number of aliphatic hydroxyl groups is 1. The van der Waals surface area contributed by atoms with Crippen LogP contribution < -0.4 is 5.32 Å². The molecule has 5 rings (SSSR count). The number of ether oxygens (including phenoxy) is 2. The predicted molar refractivity (Wildman–Crippen MR) is 144 cm³/mol. The van der Waals surface area contributed by atoms with Gasteiger partial charge in [0.15, 0.2) is 6.29 Å². The summed E-state index contributed by atoms with van der Waals surface area (Å²) in [5.41, 5.74) is 3.99. The first-order valence-corrected chi connectivity index (χ1v) is 13.2. The third kappa shape index (κ3) is 6.64. The summed E-state index contributed by atoms with van der Waals surface area (Å²) >= 11 is 1.65. The van der Waals surface area contributed by atoms with Crippen molar-refractivity contribution in [3.8, 4) is 0 Å². The van der Waals surface area contributed by atoms with E-state index in [2.05, 4.69) is 10.3 Å². The van der Waals surface area contributed by atoms with Gasteiger partial charge in [-0.25, -0.2) is 4.98 Å². The number of amides is 1. The Hall–Kier alpha value is -3.49. The van der Waals surface area contributed by atoms with Gasteiger partial charge in [-0.2, -0.15) is 0 Å². The Balaban J connectivity index is 1.35. The van der Waals surface area contributed by atoms with Gasteiger partial charge < -0.3 is 19.9 Å². The van der Waals surface area contributed by atoms with E-state index in [-0.39, 0.29) is 24.7 Å². The molecule has 3 aromatic carbocycles. The molecule has 0 unspecified atom stereocenters. The molecular weight excluding hydrogens is 484 g/mol. The van der Waals surface area contributed by atoms with Crippen molar-refractivity contribution in [1.82, 2.24) is 4.98 Å². The molecule has 1 fully saturated rings. The highest BCUT2D eigenvalue weighted by molar-refractivity contribution is 7.99. The van der Waals surface area contributed by atoms with Crippen LogP contribution in [0.4, 0.5) is 5.69 Å². The molecule has 1 amide bonds. The van der Waals surface area contributed by atoms with E-state index in [1.165, 1.54) is 0 Å². The second kappa shape index (κ2) is 12.2. The lowest BCUT2D eigenvalue weighted by atomic mass is 10.0. The van der Waals surface area contributed by atoms with Gasteiger partial charge in [0.05, 0.1) is 23.8 Å². The van der Waals surface area contributed by atoms with E-state index in [1.807, 2.05) is 84.9 Å². The first kappa shape index (κ1) is 25.2. The van der Waals surface area contributed by atoms with Crippen molar-refractivity contribution in [3.05, 3.63) is 126 Å². The van der Waals surface area contributed by atoms with Gasteiger partial charge in [-0.05, 0) is 47.5 Å². The first-order chi connectivity index (χ1) is 18.2. The van der Waals surface area contributed by atoms with Crippen molar-refractivity contribution in [2.24, 2.45) is 0 Å². The average Bonchev–Trinajstić information content (AvgIpc) is 2.97. The number of anilines is 1. The largest absolute Gasteiger partial charge is 0.392 e. The number of nitrogens with one attached hydrogen (secondary N) is 1. The highest BCUT2D eigenvalue weighted by Crippen LogP contribution is 2.39. The van der Waals surface area contributed by atoms with E-state index >= 15 is 0 Å². The van der Waals surface area contributed by atoms with Gasteiger partial charge in [0.25, 0.3) is 5.91 Å². The quantitative estimate of drug-likeness (QED) is 0.275. The fourth-order valence-electron chi connectivity index (χ4n) is 4.19. The van der Waals surface area contributed by atoms with Gasteiger partial charge in [0, 0.05) is 35.2 Å². The number of thioether (sulfide) groups is 1. The molecule has 3 atom stereocenters. The van der Waals surface area contributed by atoms with Crippen LogP contribution in [0.1, 0.15) is 45.9 Å². The molecule has 1 saturated heterocycles. The number of benzene rings is 3. The maximum absolute atomic E-state index is 12.7. The molecule has 0 saturated carbocycles. The summed E-state index contributed by atoms with van der Waals surface area (Å²) in [6.07, 6.45) is 1.63. The highest BCUT2D eigenvalue weighted by atomic mass is 32.2. The molecule has 0 radical (unpaired) electrons. The molecule has 2 heterocycles. The van der Waals surface area contributed by atoms with Gasteiger partial charge in [-0.15, -0.1) is 11.8 Å². The minimum absolute atomic E-state index is 0.00236. The van der Waals surface area contributed by atoms with Gasteiger partial charge in [0.1, 0.15) is 0 Å². The zero-order valence-corrected chi connectivity index (χ0v) is 21.0. The maximum atomic E-state index is 12.7. The molecular formula is C30H28N2O4S. The molecule has 2 N–H and O–H groups in total. The number of rotatable bonds is 8. The molecule has 0 aliphatic carbocycles. The van der Waals surface area contributed by atoms with Crippen LogP contribution in [-0.2, 0) is 16.1 Å². The van der Waals surface area contributed by atoms with Crippen molar-refractivity contribution in [3.63, 3.8) is 0 Å². The monoisotopic (exact) mass is 512 g/mol. The van der Waals surface area contributed by atoms with E-state index in [1.54, 1.807) is 30.1 Å². The van der Waals surface area contributed by atoms with E-state index in [0.29, 0.717) is 17.7 Å². The van der Waals surface area contributed by atoms with Crippen LogP contribution in [0.2, 0.25) is 0 Å². The lowest BCUT2D eigenvalue weighted by Crippen LogP contribution is -2.31. The molecule has 1 aromatic heterocycles. The van der Waals surface area contributed by atoms with E-state index in [0.717, 1.165) is 27.5 Å². The molecule has 0 spiro atoms. The van der Waals surface area contributed by atoms with Gasteiger partial charge in [0.2, 0.25) is 0 Å². The van der Waals surface area contributed by atoms with E-state index < -0.39 is 6.29 Å². The minimum atomic E-state index is -0.598. The average molecular weight is 513 g/mol. The summed E-state index contributed by atoms with van der Waals surface area (Å²) in [6.45, 7) is 0.00236. The fourth-order valence-corrected chi connectivity index (χ4v) is 5.07. The van der Waals surface area contributed by atoms with Crippen molar-refractivity contribution < 1.29 is 19.4 Å². The number of hydrogen-bond acceptors (Lipinski definition) is 6. The summed E-state index contributed by atoms with van der Waals surface area (Å²) in [4.78, 5) is 17.1. The Morgan fingerprint density at radius 1 is 0.919 bits per heavy atom. The predicted octanol–water partition coefficient (Wildman–Crippen LogP) is 6.16. The van der Waals surface area contributed by atoms with Crippen LogP contribution in [-0.4, -0.2) is 27.9 Å². The molecule has 6 nitrogen and oxygen atoms in total. The number of carbonyl (C=O) groups is 1. The van der Waals surface area contributed by atoms with Crippen LogP contribution >= 0.6 is 11.8 Å². The van der Waals surface area contributed by atoms with Crippen LogP contribution in [0, 0.1) is 0 Å². The summed E-state index contributed by atoms with van der Waals surface area (Å²) in [6, 6.07) is 30.4. The number of hydrogen-bond donors (Lipinski definition) is 2. The van der Waals surface area contributed by atoms with E-state index in [4.69, 9.17) is 9.47 Å². The summed E-state index contributed by atoms with van der Waals surface area (Å²) in [5.74, 6) is 0.557. The highest BCUT2D eigenvalue weighted by Gasteiger charge is 2.32. The Labute approximate surface area is 220 Å². The van der Waals surface area contributed by atoms with E-state index in [9.17, 15) is 9.90 Å². The summed E-state index contributed by atoms with van der Waals surface area (Å²) in [5, 5.41) is 13.3. The summed E-state index contributed by atoms with van der Waals surface area (Å²) < 4.78 is 12.8. The molecule has 4 aromatic rings. The maximum Gasteiger partial charge on any atom is 0.255 e. The topological polar surface area (TPSA) is 80.7 Å². The molecule has 188 valence electrons. The third-order valence-corrected chi connectivity index (χ3v) is 7.20. The van der Waals surface area contributed by atoms with Crippen LogP contribution in [0.15, 0.2) is 108 Å². The van der Waals surface area contributed by atoms with Crippen molar-refractivity contribution in [2.75, 3.05) is 11.1 Å². The Kier molecular flexibility index (Phi) is 8.28. The van der Waals surface area contributed by atoms with Crippen molar-refractivity contribution >= 4 is 23.4 Å². The third-order valence-electron chi connectivity index (χ3n) is 6.12. The zero-order chi connectivity index (χ0) is 25.5. The van der Waals surface area contributed by atoms with Crippen molar-refractivity contribution in [1.29, 1.82) is 0 Å². The Bertz CT molecular complexity index is 1300. The number of pyridine rings is 1. The number of aromatic nitrogens is 1. The fraction of sp³-hybridized carbons (Fsp3) is 0.200. The normalized spacial score (nSPS) is 19.3. The molecule has 0 bridgehead atoms. The minimum Gasteiger partial charge on any atom is -0.392 e. The molecule has 1 aliphatic heterocycles. The Morgan fingerprint density at radius 2 is 1.73 bits per heavy atom. The van der Waals surface area contributed by atoms with Gasteiger partial charge in [-0.1, -0.05) is 60.7 Å². The summed E-state index contributed by atoms with van der Waals surface area (Å²) in [7, 11) is 0. The smallest absolute Gasteiger partial charge is 0.255 e. The number of aliphatic hydroxyl groups excluding tert-OH is 1. The second-order valence-electron chi connectivity index (χ2n) is 8.77. The lowest BCUT2D eigenvalue weighted by molar-refractivity contribution is -0.245. The first-order valence-electron chi connectivity index (χ1n) is 12.2. The van der Waals surface area contributed by atoms with Crippen LogP contribution in [0.3, 0.4) is 0 Å².